The number of alkyl halides is 3. The molecule has 0 aliphatic carbocycles. The van der Waals surface area contributed by atoms with Crippen molar-refractivity contribution >= 4 is 5.69 Å². The van der Waals surface area contributed by atoms with Gasteiger partial charge < -0.3 is 10.0 Å². The fourth-order valence-electron chi connectivity index (χ4n) is 2.70. The van der Waals surface area contributed by atoms with Gasteiger partial charge in [0.2, 0.25) is 0 Å². The zero-order chi connectivity index (χ0) is 16.4. The van der Waals surface area contributed by atoms with Crippen molar-refractivity contribution in [2.75, 3.05) is 18.0 Å². The topological polar surface area (TPSA) is 49.2 Å². The summed E-state index contributed by atoms with van der Waals surface area (Å²) >= 11 is 0. The molecule has 0 saturated carbocycles. The molecule has 2 aromatic heterocycles. The van der Waals surface area contributed by atoms with Crippen molar-refractivity contribution in [2.24, 2.45) is 5.92 Å². The summed E-state index contributed by atoms with van der Waals surface area (Å²) in [7, 11) is 0. The number of nitrogens with zero attached hydrogens (tertiary/aromatic N) is 3. The van der Waals surface area contributed by atoms with Crippen molar-refractivity contribution in [2.45, 2.75) is 18.7 Å². The van der Waals surface area contributed by atoms with Crippen LogP contribution in [0.25, 0.3) is 0 Å². The molecule has 2 aromatic rings. The maximum Gasteiger partial charge on any atom is 0.433 e. The van der Waals surface area contributed by atoms with Crippen LogP contribution >= 0.6 is 0 Å². The SMILES string of the molecule is OC(CC1CN(c2ccc(C(F)(F)F)nc2)C1)c1cccnc1. The van der Waals surface area contributed by atoms with Gasteiger partial charge in [-0.05, 0) is 36.1 Å². The van der Waals surface area contributed by atoms with Gasteiger partial charge in [0, 0.05) is 25.5 Å². The molecule has 3 heterocycles. The van der Waals surface area contributed by atoms with Crippen molar-refractivity contribution in [1.82, 2.24) is 9.97 Å². The van der Waals surface area contributed by atoms with Crippen LogP contribution in [0.1, 0.15) is 23.8 Å². The summed E-state index contributed by atoms with van der Waals surface area (Å²) in [5.41, 5.74) is 0.567. The van der Waals surface area contributed by atoms with E-state index in [1.807, 2.05) is 11.0 Å². The Kier molecular flexibility index (Phi) is 4.21. The predicted octanol–water partition coefficient (Wildman–Crippen LogP) is 3.06. The molecule has 1 N–H and O–H groups in total. The van der Waals surface area contributed by atoms with Gasteiger partial charge in [-0.3, -0.25) is 4.98 Å². The number of aliphatic hydroxyl groups excluding tert-OH is 1. The Morgan fingerprint density at radius 1 is 1.22 bits per heavy atom. The lowest BCUT2D eigenvalue weighted by atomic mass is 9.91. The molecule has 0 spiro atoms. The van der Waals surface area contributed by atoms with Gasteiger partial charge in [-0.2, -0.15) is 13.2 Å². The fraction of sp³-hybridized carbons (Fsp3) is 0.375. The Labute approximate surface area is 131 Å². The van der Waals surface area contributed by atoms with E-state index in [2.05, 4.69) is 9.97 Å². The van der Waals surface area contributed by atoms with Crippen LogP contribution in [-0.2, 0) is 6.18 Å². The Morgan fingerprint density at radius 2 is 2.00 bits per heavy atom. The molecule has 1 unspecified atom stereocenters. The lowest BCUT2D eigenvalue weighted by Gasteiger charge is -2.41. The standard InChI is InChI=1S/C16H16F3N3O/c17-16(18,19)15-4-3-13(8-21-15)22-9-11(10-22)6-14(23)12-2-1-5-20-7-12/h1-5,7-8,11,14,23H,6,9-10H2. The number of pyridine rings is 2. The molecule has 1 fully saturated rings. The Morgan fingerprint density at radius 3 is 2.57 bits per heavy atom. The zero-order valence-corrected chi connectivity index (χ0v) is 12.2. The molecule has 23 heavy (non-hydrogen) atoms. The molecular formula is C16H16F3N3O. The van der Waals surface area contributed by atoms with Crippen LogP contribution < -0.4 is 4.90 Å². The fourth-order valence-corrected chi connectivity index (χ4v) is 2.70. The highest BCUT2D eigenvalue weighted by Crippen LogP contribution is 2.32. The molecule has 0 aromatic carbocycles. The summed E-state index contributed by atoms with van der Waals surface area (Å²) in [5.74, 6) is 0.299. The Bertz CT molecular complexity index is 640. The lowest BCUT2D eigenvalue weighted by molar-refractivity contribution is -0.141. The van der Waals surface area contributed by atoms with Gasteiger partial charge in [0.25, 0.3) is 0 Å². The van der Waals surface area contributed by atoms with E-state index in [0.717, 1.165) is 11.6 Å². The molecular weight excluding hydrogens is 307 g/mol. The van der Waals surface area contributed by atoms with Gasteiger partial charge in [-0.25, -0.2) is 4.98 Å². The molecule has 3 rings (SSSR count). The first-order valence-corrected chi connectivity index (χ1v) is 7.29. The number of rotatable bonds is 4. The van der Waals surface area contributed by atoms with Gasteiger partial charge in [-0.1, -0.05) is 6.07 Å². The predicted molar refractivity (Wildman–Crippen MR) is 78.8 cm³/mol. The molecule has 4 nitrogen and oxygen atoms in total. The molecule has 0 amide bonds. The van der Waals surface area contributed by atoms with Crippen LogP contribution in [-0.4, -0.2) is 28.2 Å². The minimum Gasteiger partial charge on any atom is -0.388 e. The van der Waals surface area contributed by atoms with Crippen LogP contribution in [0.2, 0.25) is 0 Å². The van der Waals surface area contributed by atoms with Crippen molar-refractivity contribution in [1.29, 1.82) is 0 Å². The summed E-state index contributed by atoms with van der Waals surface area (Å²) in [6.45, 7) is 1.40. The Hall–Kier alpha value is -2.15. The minimum atomic E-state index is -4.41. The summed E-state index contributed by atoms with van der Waals surface area (Å²) in [6, 6.07) is 6.03. The number of aliphatic hydroxyl groups is 1. The summed E-state index contributed by atoms with van der Waals surface area (Å²) < 4.78 is 37.4. The van der Waals surface area contributed by atoms with E-state index in [1.165, 1.54) is 12.3 Å². The number of hydrogen-bond donors (Lipinski definition) is 1. The second-order valence-electron chi connectivity index (χ2n) is 5.71. The van der Waals surface area contributed by atoms with Gasteiger partial charge in [0.15, 0.2) is 0 Å². The van der Waals surface area contributed by atoms with E-state index >= 15 is 0 Å². The van der Waals surface area contributed by atoms with Gasteiger partial charge in [0.1, 0.15) is 5.69 Å². The van der Waals surface area contributed by atoms with E-state index in [4.69, 9.17) is 0 Å². The van der Waals surface area contributed by atoms with Crippen LogP contribution in [0.15, 0.2) is 42.9 Å². The number of hydrogen-bond acceptors (Lipinski definition) is 4. The first-order valence-electron chi connectivity index (χ1n) is 7.29. The van der Waals surface area contributed by atoms with E-state index < -0.39 is 18.0 Å². The van der Waals surface area contributed by atoms with Gasteiger partial charge in [0.05, 0.1) is 18.0 Å². The highest BCUT2D eigenvalue weighted by atomic mass is 19.4. The van der Waals surface area contributed by atoms with Gasteiger partial charge in [-0.15, -0.1) is 0 Å². The van der Waals surface area contributed by atoms with Crippen molar-refractivity contribution in [3.05, 3.63) is 54.1 Å². The number of aromatic nitrogens is 2. The zero-order valence-electron chi connectivity index (χ0n) is 12.2. The average molecular weight is 323 g/mol. The highest BCUT2D eigenvalue weighted by molar-refractivity contribution is 5.47. The highest BCUT2D eigenvalue weighted by Gasteiger charge is 2.33. The second kappa shape index (κ2) is 6.16. The van der Waals surface area contributed by atoms with E-state index in [0.29, 0.717) is 31.1 Å². The minimum absolute atomic E-state index is 0.299. The normalized spacial score (nSPS) is 17.0. The molecule has 1 saturated heterocycles. The third-order valence-corrected chi connectivity index (χ3v) is 3.99. The van der Waals surface area contributed by atoms with E-state index in [1.54, 1.807) is 18.5 Å². The molecule has 7 heteroatoms. The first-order chi connectivity index (χ1) is 10.9. The van der Waals surface area contributed by atoms with Gasteiger partial charge >= 0.3 is 6.18 Å². The average Bonchev–Trinajstić information content (AvgIpc) is 2.50. The van der Waals surface area contributed by atoms with Crippen LogP contribution in [0.5, 0.6) is 0 Å². The molecule has 0 radical (unpaired) electrons. The largest absolute Gasteiger partial charge is 0.433 e. The van der Waals surface area contributed by atoms with Crippen LogP contribution in [0.3, 0.4) is 0 Å². The molecule has 122 valence electrons. The maximum absolute atomic E-state index is 12.5. The quantitative estimate of drug-likeness (QED) is 0.939. The van der Waals surface area contributed by atoms with Crippen molar-refractivity contribution < 1.29 is 18.3 Å². The monoisotopic (exact) mass is 323 g/mol. The molecule has 0 bridgehead atoms. The summed E-state index contributed by atoms with van der Waals surface area (Å²) in [6.07, 6.45) is 0.165. The summed E-state index contributed by atoms with van der Waals surface area (Å²) in [5, 5.41) is 10.1. The number of anilines is 1. The number of halogens is 3. The van der Waals surface area contributed by atoms with E-state index in [9.17, 15) is 18.3 Å². The smallest absolute Gasteiger partial charge is 0.388 e. The third-order valence-electron chi connectivity index (χ3n) is 3.99. The van der Waals surface area contributed by atoms with E-state index in [-0.39, 0.29) is 0 Å². The van der Waals surface area contributed by atoms with Crippen LogP contribution in [0.4, 0.5) is 18.9 Å². The maximum atomic E-state index is 12.5. The summed E-state index contributed by atoms with van der Waals surface area (Å²) in [4.78, 5) is 9.39. The lowest BCUT2D eigenvalue weighted by Crippen LogP contribution is -2.47. The second-order valence-corrected chi connectivity index (χ2v) is 5.71. The third kappa shape index (κ3) is 3.61. The Balaban J connectivity index is 1.53. The van der Waals surface area contributed by atoms with Crippen molar-refractivity contribution in [3.63, 3.8) is 0 Å². The molecule has 1 atom stereocenters. The first kappa shape index (κ1) is 15.7. The molecule has 1 aliphatic heterocycles. The van der Waals surface area contributed by atoms with Crippen molar-refractivity contribution in [3.8, 4) is 0 Å². The molecule has 1 aliphatic rings. The van der Waals surface area contributed by atoms with Crippen LogP contribution in [0, 0.1) is 5.92 Å².